The van der Waals surface area contributed by atoms with Gasteiger partial charge in [-0.1, -0.05) is 28.1 Å². The first-order valence-electron chi connectivity index (χ1n) is 5.49. The van der Waals surface area contributed by atoms with E-state index in [9.17, 15) is 0 Å². The topological polar surface area (TPSA) is 17.0 Å². The van der Waals surface area contributed by atoms with Gasteiger partial charge in [0.1, 0.15) is 0 Å². The number of rotatable bonds is 1. The van der Waals surface area contributed by atoms with Crippen molar-refractivity contribution in [2.45, 2.75) is 13.1 Å². The van der Waals surface area contributed by atoms with E-state index in [1.807, 2.05) is 0 Å². The molecule has 0 saturated heterocycles. The molecule has 3 rings (SSSR count). The van der Waals surface area contributed by atoms with Crippen LogP contribution in [0.5, 0.6) is 0 Å². The Labute approximate surface area is 103 Å². The maximum atomic E-state index is 3.52. The molecule has 2 nitrogen and oxygen atoms in total. The van der Waals surface area contributed by atoms with Crippen LogP contribution in [0.4, 0.5) is 0 Å². The second-order valence-corrected chi connectivity index (χ2v) is 4.97. The van der Waals surface area contributed by atoms with Gasteiger partial charge in [-0.15, -0.1) is 0 Å². The summed E-state index contributed by atoms with van der Waals surface area (Å²) in [6, 6.07) is 10.7. The van der Waals surface area contributed by atoms with Crippen LogP contribution in [-0.2, 0) is 13.1 Å². The Morgan fingerprint density at radius 1 is 1.25 bits per heavy atom. The minimum Gasteiger partial charge on any atom is -0.348 e. The van der Waals surface area contributed by atoms with E-state index in [0.717, 1.165) is 24.1 Å². The van der Waals surface area contributed by atoms with Crippen molar-refractivity contribution in [2.75, 3.05) is 6.54 Å². The van der Waals surface area contributed by atoms with Gasteiger partial charge in [0.15, 0.2) is 0 Å². The molecule has 1 aliphatic heterocycles. The molecule has 16 heavy (non-hydrogen) atoms. The van der Waals surface area contributed by atoms with E-state index in [-0.39, 0.29) is 0 Å². The molecule has 3 heteroatoms. The number of nitrogens with zero attached hydrogens (tertiary/aromatic N) is 1. The van der Waals surface area contributed by atoms with Gasteiger partial charge in [-0.2, -0.15) is 0 Å². The van der Waals surface area contributed by atoms with Gasteiger partial charge in [0.25, 0.3) is 0 Å². The number of hydrogen-bond acceptors (Lipinski definition) is 1. The second-order valence-electron chi connectivity index (χ2n) is 4.06. The molecule has 0 amide bonds. The van der Waals surface area contributed by atoms with Gasteiger partial charge in [-0.3, -0.25) is 0 Å². The van der Waals surface area contributed by atoms with Crippen LogP contribution in [0.2, 0.25) is 0 Å². The third-order valence-corrected chi connectivity index (χ3v) is 3.53. The van der Waals surface area contributed by atoms with Gasteiger partial charge < -0.3 is 9.88 Å². The monoisotopic (exact) mass is 276 g/mol. The molecule has 82 valence electrons. The highest BCUT2D eigenvalue weighted by atomic mass is 79.9. The number of aromatic nitrogens is 1. The molecule has 1 N–H and O–H groups in total. The third kappa shape index (κ3) is 1.70. The predicted octanol–water partition coefficient (Wildman–Crippen LogP) is 3.02. The van der Waals surface area contributed by atoms with Crippen LogP contribution in [0.15, 0.2) is 41.0 Å². The van der Waals surface area contributed by atoms with Crippen LogP contribution in [0.3, 0.4) is 0 Å². The Hall–Kier alpha value is -1.06. The summed E-state index contributed by atoms with van der Waals surface area (Å²) in [5.41, 5.74) is 4.02. The smallest absolute Gasteiger partial charge is 0.0394 e. The molecule has 1 aliphatic rings. The third-order valence-electron chi connectivity index (χ3n) is 3.04. The van der Waals surface area contributed by atoms with Gasteiger partial charge in [0.05, 0.1) is 0 Å². The highest BCUT2D eigenvalue weighted by molar-refractivity contribution is 9.10. The predicted molar refractivity (Wildman–Crippen MR) is 69.3 cm³/mol. The van der Waals surface area contributed by atoms with Crippen molar-refractivity contribution in [3.05, 3.63) is 46.7 Å². The Morgan fingerprint density at radius 3 is 3.06 bits per heavy atom. The van der Waals surface area contributed by atoms with Crippen molar-refractivity contribution in [1.29, 1.82) is 0 Å². The minimum absolute atomic E-state index is 0.967. The first kappa shape index (κ1) is 10.1. The summed E-state index contributed by atoms with van der Waals surface area (Å²) in [7, 11) is 0. The van der Waals surface area contributed by atoms with E-state index in [0.29, 0.717) is 0 Å². The average Bonchev–Trinajstić information content (AvgIpc) is 2.72. The first-order valence-corrected chi connectivity index (χ1v) is 6.28. The zero-order valence-corrected chi connectivity index (χ0v) is 10.5. The Morgan fingerprint density at radius 2 is 2.19 bits per heavy atom. The number of nitrogens with one attached hydrogen (secondary N) is 1. The summed E-state index contributed by atoms with van der Waals surface area (Å²) >= 11 is 3.52. The molecule has 1 aromatic heterocycles. The van der Waals surface area contributed by atoms with Gasteiger partial charge in [-0.25, -0.2) is 0 Å². The molecule has 0 aliphatic carbocycles. The standard InChI is InChI=1S/C13H13BrN2/c14-11-3-1-2-10(8-11)12-4-6-16-7-5-15-9-13(12)16/h1-4,6,8,15H,5,7,9H2. The van der Waals surface area contributed by atoms with Crippen molar-refractivity contribution >= 4 is 15.9 Å². The van der Waals surface area contributed by atoms with Crippen LogP contribution in [0, 0.1) is 0 Å². The summed E-state index contributed by atoms with van der Waals surface area (Å²) in [4.78, 5) is 0. The molecule has 1 aromatic carbocycles. The lowest BCUT2D eigenvalue weighted by atomic mass is 10.1. The molecule has 0 radical (unpaired) electrons. The lowest BCUT2D eigenvalue weighted by Gasteiger charge is -2.18. The largest absolute Gasteiger partial charge is 0.348 e. The molecule has 2 heterocycles. The summed E-state index contributed by atoms with van der Waals surface area (Å²) in [5.74, 6) is 0. The Balaban J connectivity index is 2.09. The Kier molecular flexibility index (Phi) is 2.58. The van der Waals surface area contributed by atoms with Crippen LogP contribution in [-0.4, -0.2) is 11.1 Å². The molecule has 0 spiro atoms. The van der Waals surface area contributed by atoms with Crippen LogP contribution in [0.1, 0.15) is 5.69 Å². The minimum atomic E-state index is 0.967. The van der Waals surface area contributed by atoms with Gasteiger partial charge in [0.2, 0.25) is 0 Å². The van der Waals surface area contributed by atoms with E-state index in [1.165, 1.54) is 16.8 Å². The summed E-state index contributed by atoms with van der Waals surface area (Å²) in [6.07, 6.45) is 2.19. The summed E-state index contributed by atoms with van der Waals surface area (Å²) < 4.78 is 3.47. The fourth-order valence-electron chi connectivity index (χ4n) is 2.24. The van der Waals surface area contributed by atoms with E-state index >= 15 is 0 Å². The van der Waals surface area contributed by atoms with Gasteiger partial charge in [-0.05, 0) is 23.8 Å². The Bertz CT molecular complexity index is 516. The number of fused-ring (bicyclic) bond motifs is 1. The van der Waals surface area contributed by atoms with Gasteiger partial charge >= 0.3 is 0 Å². The van der Waals surface area contributed by atoms with Crippen molar-refractivity contribution in [1.82, 2.24) is 9.88 Å². The number of halogens is 1. The average molecular weight is 277 g/mol. The molecule has 0 bridgehead atoms. The molecule has 2 aromatic rings. The van der Waals surface area contributed by atoms with Crippen LogP contribution < -0.4 is 5.32 Å². The van der Waals surface area contributed by atoms with E-state index in [2.05, 4.69) is 62.3 Å². The molecule has 0 saturated carbocycles. The number of benzene rings is 1. The van der Waals surface area contributed by atoms with Crippen molar-refractivity contribution in [2.24, 2.45) is 0 Å². The molecular formula is C13H13BrN2. The maximum Gasteiger partial charge on any atom is 0.0394 e. The van der Waals surface area contributed by atoms with Crippen molar-refractivity contribution < 1.29 is 0 Å². The fraction of sp³-hybridized carbons (Fsp3) is 0.231. The molecular weight excluding hydrogens is 264 g/mol. The lowest BCUT2D eigenvalue weighted by Crippen LogP contribution is -2.27. The van der Waals surface area contributed by atoms with Crippen molar-refractivity contribution in [3.63, 3.8) is 0 Å². The van der Waals surface area contributed by atoms with Crippen LogP contribution in [0.25, 0.3) is 11.1 Å². The highest BCUT2D eigenvalue weighted by Gasteiger charge is 2.13. The lowest BCUT2D eigenvalue weighted by molar-refractivity contribution is 0.518. The van der Waals surface area contributed by atoms with Gasteiger partial charge in [0, 0.05) is 41.6 Å². The highest BCUT2D eigenvalue weighted by Crippen LogP contribution is 2.28. The zero-order chi connectivity index (χ0) is 11.0. The molecule has 0 unspecified atom stereocenters. The van der Waals surface area contributed by atoms with E-state index < -0.39 is 0 Å². The molecule has 0 atom stereocenters. The normalized spacial score (nSPS) is 14.8. The van der Waals surface area contributed by atoms with E-state index in [1.54, 1.807) is 0 Å². The van der Waals surface area contributed by atoms with E-state index in [4.69, 9.17) is 0 Å². The zero-order valence-electron chi connectivity index (χ0n) is 8.91. The maximum absolute atomic E-state index is 3.52. The summed E-state index contributed by atoms with van der Waals surface area (Å²) in [5, 5.41) is 3.42. The fourth-order valence-corrected chi connectivity index (χ4v) is 2.64. The molecule has 0 fully saturated rings. The van der Waals surface area contributed by atoms with Crippen molar-refractivity contribution in [3.8, 4) is 11.1 Å². The summed E-state index contributed by atoms with van der Waals surface area (Å²) in [6.45, 7) is 3.11. The first-order chi connectivity index (χ1) is 7.84. The number of hydrogen-bond donors (Lipinski definition) is 1. The second kappa shape index (κ2) is 4.07. The quantitative estimate of drug-likeness (QED) is 0.847. The van der Waals surface area contributed by atoms with Crippen LogP contribution >= 0.6 is 15.9 Å². The SMILES string of the molecule is Brc1cccc(-c2ccn3c2CNCC3)c1.